The minimum atomic E-state index is -4.59. The van der Waals surface area contributed by atoms with Gasteiger partial charge >= 0.3 is 12.4 Å². The van der Waals surface area contributed by atoms with E-state index in [0.29, 0.717) is 33.3 Å². The fourth-order valence-corrected chi connectivity index (χ4v) is 8.08. The number of aromatic hydroxyl groups is 1. The number of sulfone groups is 2. The van der Waals surface area contributed by atoms with Crippen LogP contribution >= 0.6 is 0 Å². The summed E-state index contributed by atoms with van der Waals surface area (Å²) in [5.41, 5.74) is 1.69. The van der Waals surface area contributed by atoms with Crippen molar-refractivity contribution in [1.82, 2.24) is 19.9 Å². The molecule has 0 radical (unpaired) electrons. The minimum absolute atomic E-state index is 0. The summed E-state index contributed by atoms with van der Waals surface area (Å²) in [4.78, 5) is 16.4. The largest absolute Gasteiger partial charge is 0.504 e. The van der Waals surface area contributed by atoms with Gasteiger partial charge in [-0.2, -0.15) is 26.3 Å². The Kier molecular flexibility index (Phi) is 17.1. The van der Waals surface area contributed by atoms with Gasteiger partial charge in [0.15, 0.2) is 55.9 Å². The fourth-order valence-electron chi connectivity index (χ4n) is 6.27. The zero-order valence-corrected chi connectivity index (χ0v) is 38.5. The first-order valence-electron chi connectivity index (χ1n) is 20.3. The monoisotopic (exact) mass is 1020 g/mol. The number of nitrogens with zero attached hydrogens (tertiary/aromatic N) is 4. The summed E-state index contributed by atoms with van der Waals surface area (Å²) in [6.07, 6.45) is -6.73. The smallest absolute Gasteiger partial charge is 0.422 e. The molecular weight excluding hydrogens is 975 g/mol. The number of rotatable bonds is 17. The Labute approximate surface area is 398 Å². The molecule has 0 aliphatic carbocycles. The molecule has 3 N–H and O–H groups in total. The Morgan fingerprint density at radius 1 is 0.557 bits per heavy atom. The number of ether oxygens (including phenoxy) is 5. The molecule has 0 saturated heterocycles. The van der Waals surface area contributed by atoms with Crippen LogP contribution in [0.4, 0.5) is 49.4 Å². The van der Waals surface area contributed by atoms with E-state index < -0.39 is 45.2 Å². The summed E-state index contributed by atoms with van der Waals surface area (Å²) >= 11 is 0. The molecule has 16 nitrogen and oxygen atoms in total. The van der Waals surface area contributed by atoms with Gasteiger partial charge in [0.05, 0.1) is 57.9 Å². The average Bonchev–Trinajstić information content (AvgIpc) is 3.32. The third kappa shape index (κ3) is 13.7. The van der Waals surface area contributed by atoms with Crippen LogP contribution in [0.3, 0.4) is 0 Å². The number of hydrogen-bond donors (Lipinski definition) is 3. The van der Waals surface area contributed by atoms with E-state index in [1.165, 1.54) is 83.2 Å². The molecule has 2 aromatic heterocycles. The molecular formula is C46H46F6N6O10S2. The molecule has 70 heavy (non-hydrogen) atoms. The number of benzene rings is 5. The number of phenolic OH excluding ortho intramolecular Hbond substituents is 1. The first-order chi connectivity index (χ1) is 32.6. The van der Waals surface area contributed by atoms with E-state index in [-0.39, 0.29) is 81.3 Å². The summed E-state index contributed by atoms with van der Waals surface area (Å²) in [5, 5.41) is 16.5. The summed E-state index contributed by atoms with van der Waals surface area (Å²) in [5.74, 6) is 0.323. The van der Waals surface area contributed by atoms with Gasteiger partial charge in [-0.15, -0.1) is 0 Å². The fraction of sp³-hybridized carbons (Fsp3) is 0.261. The van der Waals surface area contributed by atoms with Crippen molar-refractivity contribution in [3.8, 4) is 34.5 Å². The lowest BCUT2D eigenvalue weighted by Crippen LogP contribution is -2.19. The second kappa shape index (κ2) is 22.4. The van der Waals surface area contributed by atoms with Crippen LogP contribution in [0.1, 0.15) is 26.8 Å². The van der Waals surface area contributed by atoms with Crippen LogP contribution in [-0.2, 0) is 26.3 Å². The second-order valence-corrected chi connectivity index (χ2v) is 19.0. The average molecular weight is 1020 g/mol. The van der Waals surface area contributed by atoms with Crippen LogP contribution < -0.4 is 34.3 Å². The van der Waals surface area contributed by atoms with Gasteiger partial charge in [0.1, 0.15) is 42.4 Å². The minimum Gasteiger partial charge on any atom is -0.504 e. The van der Waals surface area contributed by atoms with E-state index in [9.17, 15) is 48.3 Å². The van der Waals surface area contributed by atoms with Gasteiger partial charge in [-0.3, -0.25) is 0 Å². The topological polar surface area (TPSA) is 210 Å². The first kappa shape index (κ1) is 53.6. The summed E-state index contributed by atoms with van der Waals surface area (Å²) in [6.45, 7) is 0.0958. The highest BCUT2D eigenvalue weighted by molar-refractivity contribution is 7.91. The molecule has 0 unspecified atom stereocenters. The Morgan fingerprint density at radius 2 is 1.01 bits per heavy atom. The van der Waals surface area contributed by atoms with Gasteiger partial charge in [-0.05, 0) is 54.1 Å². The van der Waals surface area contributed by atoms with Crippen LogP contribution in [0.5, 0.6) is 34.5 Å². The number of methoxy groups -OCH3 is 2. The lowest BCUT2D eigenvalue weighted by molar-refractivity contribution is -0.154. The van der Waals surface area contributed by atoms with E-state index >= 15 is 0 Å². The zero-order chi connectivity index (χ0) is 50.1. The Hall–Kier alpha value is -7.34. The highest BCUT2D eigenvalue weighted by atomic mass is 32.2. The molecule has 7 rings (SSSR count). The van der Waals surface area contributed by atoms with E-state index in [0.717, 1.165) is 11.6 Å². The predicted octanol–water partition coefficient (Wildman–Crippen LogP) is 10.2. The van der Waals surface area contributed by atoms with Crippen molar-refractivity contribution in [2.24, 2.45) is 0 Å². The van der Waals surface area contributed by atoms with Crippen LogP contribution in [0.15, 0.2) is 113 Å². The van der Waals surface area contributed by atoms with Gasteiger partial charge in [0.2, 0.25) is 0 Å². The van der Waals surface area contributed by atoms with Gasteiger partial charge in [-0.1, -0.05) is 51.6 Å². The normalized spacial score (nSPS) is 11.7. The lowest BCUT2D eigenvalue weighted by atomic mass is 10.2. The van der Waals surface area contributed by atoms with Crippen LogP contribution in [-0.4, -0.2) is 93.2 Å². The molecule has 374 valence electrons. The third-order valence-electron chi connectivity index (χ3n) is 9.76. The molecule has 0 amide bonds. The lowest BCUT2D eigenvalue weighted by Gasteiger charge is -2.17. The van der Waals surface area contributed by atoms with E-state index in [1.807, 2.05) is 30.3 Å². The van der Waals surface area contributed by atoms with Crippen molar-refractivity contribution >= 4 is 64.5 Å². The number of phenols is 1. The summed E-state index contributed by atoms with van der Waals surface area (Å²) in [7, 11) is -4.47. The number of fused-ring (bicyclic) bond motifs is 2. The molecule has 0 aliphatic heterocycles. The molecule has 0 saturated carbocycles. The Balaban J connectivity index is 0.000000262. The number of hydrogen-bond acceptors (Lipinski definition) is 16. The van der Waals surface area contributed by atoms with Crippen molar-refractivity contribution in [2.75, 3.05) is 49.6 Å². The van der Waals surface area contributed by atoms with Crippen molar-refractivity contribution < 1.29 is 72.0 Å². The SMILES string of the molecule is C.CCS(=O)(=O)c1ccc(OCC(F)(F)F)c(Nc2ncnc3cc(O)c(OC)cc23)c1.CCS(=O)(=O)c1ccc(OCC(F)(F)F)c(Nc2ncnc3cc(OCc4ccccc4)c(OC)cc23)c1. The van der Waals surface area contributed by atoms with E-state index in [4.69, 9.17) is 23.7 Å². The number of aromatic nitrogens is 4. The number of halogens is 6. The maximum atomic E-state index is 12.8. The first-order valence-corrected chi connectivity index (χ1v) is 23.6. The summed E-state index contributed by atoms with van der Waals surface area (Å²) in [6, 6.07) is 22.7. The molecule has 5 aromatic carbocycles. The van der Waals surface area contributed by atoms with Crippen molar-refractivity contribution in [2.45, 2.75) is 50.0 Å². The Bertz CT molecular complexity index is 3170. The molecule has 2 heterocycles. The van der Waals surface area contributed by atoms with Gasteiger partial charge < -0.3 is 39.4 Å². The molecule has 0 spiro atoms. The molecule has 0 bridgehead atoms. The number of nitrogens with one attached hydrogen (secondary N) is 2. The van der Waals surface area contributed by atoms with Crippen LogP contribution in [0.2, 0.25) is 0 Å². The molecule has 24 heteroatoms. The van der Waals surface area contributed by atoms with Crippen molar-refractivity contribution in [3.05, 3.63) is 109 Å². The Morgan fingerprint density at radius 3 is 1.46 bits per heavy atom. The second-order valence-electron chi connectivity index (χ2n) is 14.5. The molecule has 0 fully saturated rings. The molecule has 0 aliphatic rings. The highest BCUT2D eigenvalue weighted by Gasteiger charge is 2.30. The molecule has 0 atom stereocenters. The van der Waals surface area contributed by atoms with Crippen molar-refractivity contribution in [1.29, 1.82) is 0 Å². The van der Waals surface area contributed by atoms with Crippen LogP contribution in [0.25, 0.3) is 21.8 Å². The van der Waals surface area contributed by atoms with Gasteiger partial charge in [0.25, 0.3) is 0 Å². The number of anilines is 4. The molecule has 7 aromatic rings. The maximum Gasteiger partial charge on any atom is 0.422 e. The number of alkyl halides is 6. The quantitative estimate of drug-likeness (QED) is 0.0725. The van der Waals surface area contributed by atoms with E-state index in [2.05, 4.69) is 30.6 Å². The predicted molar refractivity (Wildman–Crippen MR) is 249 cm³/mol. The highest BCUT2D eigenvalue weighted by Crippen LogP contribution is 2.39. The van der Waals surface area contributed by atoms with E-state index in [1.54, 1.807) is 12.1 Å². The van der Waals surface area contributed by atoms with Crippen molar-refractivity contribution in [3.63, 3.8) is 0 Å². The van der Waals surface area contributed by atoms with Gasteiger partial charge in [0, 0.05) is 22.9 Å². The third-order valence-corrected chi connectivity index (χ3v) is 13.2. The standard InChI is InChI=1S/C26H24F3N3O5S.C19H18F3N3O5S.CH4/c1-3-38(33,34)18-9-10-22(37-15-26(27,28)29)21(11-18)32-25-19-12-23(35-2)24(13-20(19)30-16-31-25)36-14-17-7-5-4-6-8-17;1-3-31(27,28)11-4-5-16(30-9-19(20,21)22)14(6-11)25-18-12-7-17(29-2)15(26)8-13(12)23-10-24-18;/h4-13,16H,3,14-15H2,1-2H3,(H,30,31,32);4-8,10,26H,3,9H2,1-2H3,(H,23,24,25);1H4. The summed E-state index contributed by atoms with van der Waals surface area (Å²) < 4.78 is 152. The zero-order valence-electron chi connectivity index (χ0n) is 36.8. The van der Waals surface area contributed by atoms with Gasteiger partial charge in [-0.25, -0.2) is 36.8 Å². The maximum absolute atomic E-state index is 12.8. The van der Waals surface area contributed by atoms with Crippen LogP contribution in [0, 0.1) is 0 Å².